The fourth-order valence-corrected chi connectivity index (χ4v) is 3.81. The van der Waals surface area contributed by atoms with Crippen molar-refractivity contribution in [3.63, 3.8) is 0 Å². The molecule has 0 radical (unpaired) electrons. The molecular weight excluding hydrogens is 268 g/mol. The molecule has 0 bridgehead atoms. The van der Waals surface area contributed by atoms with Gasteiger partial charge in [0.1, 0.15) is 5.54 Å². The van der Waals surface area contributed by atoms with E-state index in [9.17, 15) is 4.79 Å². The van der Waals surface area contributed by atoms with E-state index in [4.69, 9.17) is 9.47 Å². The predicted molar refractivity (Wildman–Crippen MR) is 82.3 cm³/mol. The number of ether oxygens (including phenoxy) is 2. The number of hydrogen-bond acceptors (Lipinski definition) is 5. The SMILES string of the molecule is COC(=O)C1(NC(C)C)CCCC(N2CCCOCC2)C1. The highest BCUT2D eigenvalue weighted by Gasteiger charge is 2.45. The van der Waals surface area contributed by atoms with Gasteiger partial charge in [0.15, 0.2) is 0 Å². The van der Waals surface area contributed by atoms with Crippen LogP contribution in [0.3, 0.4) is 0 Å². The highest BCUT2D eigenvalue weighted by atomic mass is 16.5. The van der Waals surface area contributed by atoms with Crippen molar-refractivity contribution < 1.29 is 14.3 Å². The summed E-state index contributed by atoms with van der Waals surface area (Å²) in [5.74, 6) is -0.105. The van der Waals surface area contributed by atoms with Crippen molar-refractivity contribution >= 4 is 5.97 Å². The lowest BCUT2D eigenvalue weighted by molar-refractivity contribution is -0.151. The van der Waals surface area contributed by atoms with Crippen LogP contribution in [-0.4, -0.2) is 61.9 Å². The normalized spacial score (nSPS) is 31.9. The van der Waals surface area contributed by atoms with E-state index in [1.165, 1.54) is 13.5 Å². The lowest BCUT2D eigenvalue weighted by Crippen LogP contribution is -2.60. The van der Waals surface area contributed by atoms with E-state index in [1.54, 1.807) is 0 Å². The van der Waals surface area contributed by atoms with Crippen LogP contribution in [0, 0.1) is 0 Å². The van der Waals surface area contributed by atoms with Gasteiger partial charge >= 0.3 is 5.97 Å². The van der Waals surface area contributed by atoms with Gasteiger partial charge in [0.2, 0.25) is 0 Å². The maximum absolute atomic E-state index is 12.4. The van der Waals surface area contributed by atoms with Gasteiger partial charge in [-0.2, -0.15) is 0 Å². The highest BCUT2D eigenvalue weighted by molar-refractivity contribution is 5.81. The molecule has 2 rings (SSSR count). The van der Waals surface area contributed by atoms with Crippen LogP contribution >= 0.6 is 0 Å². The first kappa shape index (κ1) is 16.7. The Labute approximate surface area is 128 Å². The lowest BCUT2D eigenvalue weighted by atomic mass is 9.77. The standard InChI is InChI=1S/C16H30N2O3/c1-13(2)17-16(15(19)20-3)7-4-6-14(12-16)18-8-5-10-21-11-9-18/h13-14,17H,4-12H2,1-3H3. The zero-order chi connectivity index (χ0) is 15.3. The molecule has 2 atom stereocenters. The molecule has 0 spiro atoms. The van der Waals surface area contributed by atoms with E-state index in [0.717, 1.165) is 52.0 Å². The van der Waals surface area contributed by atoms with Crippen molar-refractivity contribution in [3.05, 3.63) is 0 Å². The molecule has 5 heteroatoms. The monoisotopic (exact) mass is 298 g/mol. The third-order valence-electron chi connectivity index (χ3n) is 4.64. The molecule has 0 aromatic carbocycles. The Hall–Kier alpha value is -0.650. The second-order valence-corrected chi connectivity index (χ2v) is 6.62. The molecule has 122 valence electrons. The molecule has 1 aliphatic heterocycles. The van der Waals surface area contributed by atoms with E-state index in [0.29, 0.717) is 6.04 Å². The van der Waals surface area contributed by atoms with Crippen LogP contribution in [0.2, 0.25) is 0 Å². The molecule has 1 saturated carbocycles. The van der Waals surface area contributed by atoms with Crippen LogP contribution in [0.1, 0.15) is 46.0 Å². The molecule has 1 heterocycles. The van der Waals surface area contributed by atoms with Crippen LogP contribution < -0.4 is 5.32 Å². The summed E-state index contributed by atoms with van der Waals surface area (Å²) >= 11 is 0. The van der Waals surface area contributed by atoms with Crippen LogP contribution in [0.4, 0.5) is 0 Å². The fraction of sp³-hybridized carbons (Fsp3) is 0.938. The average molecular weight is 298 g/mol. The van der Waals surface area contributed by atoms with Gasteiger partial charge in [-0.25, -0.2) is 0 Å². The van der Waals surface area contributed by atoms with Gasteiger partial charge in [-0.15, -0.1) is 0 Å². The van der Waals surface area contributed by atoms with Gasteiger partial charge in [0, 0.05) is 31.8 Å². The van der Waals surface area contributed by atoms with Crippen molar-refractivity contribution in [1.82, 2.24) is 10.2 Å². The van der Waals surface area contributed by atoms with E-state index >= 15 is 0 Å². The van der Waals surface area contributed by atoms with Crippen molar-refractivity contribution in [1.29, 1.82) is 0 Å². The Morgan fingerprint density at radius 1 is 1.33 bits per heavy atom. The Bertz CT molecular complexity index is 340. The van der Waals surface area contributed by atoms with Gasteiger partial charge in [0.05, 0.1) is 13.7 Å². The third kappa shape index (κ3) is 4.18. The molecule has 21 heavy (non-hydrogen) atoms. The summed E-state index contributed by atoms with van der Waals surface area (Å²) in [6.07, 6.45) is 5.03. The first-order valence-electron chi connectivity index (χ1n) is 8.25. The molecular formula is C16H30N2O3. The number of rotatable bonds is 4. The van der Waals surface area contributed by atoms with Gasteiger partial charge in [-0.3, -0.25) is 15.0 Å². The lowest BCUT2D eigenvalue weighted by Gasteiger charge is -2.44. The molecule has 5 nitrogen and oxygen atoms in total. The first-order valence-corrected chi connectivity index (χ1v) is 8.25. The minimum absolute atomic E-state index is 0.105. The summed E-state index contributed by atoms with van der Waals surface area (Å²) in [5, 5.41) is 3.50. The Balaban J connectivity index is 2.09. The molecule has 0 aromatic heterocycles. The van der Waals surface area contributed by atoms with Gasteiger partial charge in [-0.1, -0.05) is 0 Å². The summed E-state index contributed by atoms with van der Waals surface area (Å²) in [4.78, 5) is 14.9. The van der Waals surface area contributed by atoms with E-state index in [1.807, 2.05) is 0 Å². The topological polar surface area (TPSA) is 50.8 Å². The van der Waals surface area contributed by atoms with Crippen molar-refractivity contribution in [2.75, 3.05) is 33.4 Å². The summed E-state index contributed by atoms with van der Waals surface area (Å²) < 4.78 is 10.7. The summed E-state index contributed by atoms with van der Waals surface area (Å²) in [5.41, 5.74) is -0.515. The number of carbonyl (C=O) groups is 1. The molecule has 0 amide bonds. The minimum Gasteiger partial charge on any atom is -0.468 e. The zero-order valence-electron chi connectivity index (χ0n) is 13.7. The number of nitrogens with one attached hydrogen (secondary N) is 1. The first-order chi connectivity index (χ1) is 10.1. The molecule has 0 aromatic rings. The van der Waals surface area contributed by atoms with E-state index < -0.39 is 5.54 Å². The number of methoxy groups -OCH3 is 1. The number of nitrogens with zero attached hydrogens (tertiary/aromatic N) is 1. The maximum Gasteiger partial charge on any atom is 0.326 e. The van der Waals surface area contributed by atoms with Crippen LogP contribution in [-0.2, 0) is 14.3 Å². The second kappa shape index (κ2) is 7.56. The zero-order valence-corrected chi connectivity index (χ0v) is 13.7. The number of esters is 1. The van der Waals surface area contributed by atoms with Crippen molar-refractivity contribution in [2.24, 2.45) is 0 Å². The minimum atomic E-state index is -0.515. The van der Waals surface area contributed by atoms with Crippen LogP contribution in [0.5, 0.6) is 0 Å². The molecule has 1 N–H and O–H groups in total. The van der Waals surface area contributed by atoms with Crippen molar-refractivity contribution in [2.45, 2.75) is 63.6 Å². The molecule has 1 saturated heterocycles. The van der Waals surface area contributed by atoms with Gasteiger partial charge < -0.3 is 9.47 Å². The Morgan fingerprint density at radius 2 is 2.14 bits per heavy atom. The largest absolute Gasteiger partial charge is 0.468 e. The number of carbonyl (C=O) groups excluding carboxylic acids is 1. The molecule has 2 unspecified atom stereocenters. The van der Waals surface area contributed by atoms with Crippen LogP contribution in [0.25, 0.3) is 0 Å². The Morgan fingerprint density at radius 3 is 2.86 bits per heavy atom. The van der Waals surface area contributed by atoms with E-state index in [-0.39, 0.29) is 12.0 Å². The van der Waals surface area contributed by atoms with Crippen LogP contribution in [0.15, 0.2) is 0 Å². The maximum atomic E-state index is 12.4. The molecule has 2 fully saturated rings. The van der Waals surface area contributed by atoms with Gasteiger partial charge in [-0.05, 0) is 46.0 Å². The summed E-state index contributed by atoms with van der Waals surface area (Å²) in [7, 11) is 1.50. The van der Waals surface area contributed by atoms with Crippen molar-refractivity contribution in [3.8, 4) is 0 Å². The smallest absolute Gasteiger partial charge is 0.326 e. The fourth-order valence-electron chi connectivity index (χ4n) is 3.81. The van der Waals surface area contributed by atoms with Gasteiger partial charge in [0.25, 0.3) is 0 Å². The predicted octanol–water partition coefficient (Wildman–Crippen LogP) is 1.56. The third-order valence-corrected chi connectivity index (χ3v) is 4.64. The molecule has 2 aliphatic rings. The molecule has 1 aliphatic carbocycles. The number of hydrogen-bond donors (Lipinski definition) is 1. The highest BCUT2D eigenvalue weighted by Crippen LogP contribution is 2.33. The Kier molecular flexibility index (Phi) is 6.02. The summed E-state index contributed by atoms with van der Waals surface area (Å²) in [6, 6.07) is 0.723. The van der Waals surface area contributed by atoms with E-state index in [2.05, 4.69) is 24.1 Å². The average Bonchev–Trinajstić information content (AvgIpc) is 2.75. The second-order valence-electron chi connectivity index (χ2n) is 6.62. The quantitative estimate of drug-likeness (QED) is 0.798. The summed E-state index contributed by atoms with van der Waals surface area (Å²) in [6.45, 7) is 7.89.